The number of benzene rings is 1. The summed E-state index contributed by atoms with van der Waals surface area (Å²) in [7, 11) is 0. The first-order valence-electron chi connectivity index (χ1n) is 7.54. The number of nitrogens with one attached hydrogen (secondary N) is 1. The third-order valence-corrected chi connectivity index (χ3v) is 3.56. The molecule has 0 bridgehead atoms. The van der Waals surface area contributed by atoms with Gasteiger partial charge in [0.25, 0.3) is 0 Å². The fourth-order valence-electron chi connectivity index (χ4n) is 2.51. The number of rotatable bonds is 6. The van der Waals surface area contributed by atoms with Gasteiger partial charge in [0.05, 0.1) is 12.2 Å². The van der Waals surface area contributed by atoms with Crippen LogP contribution in [0.3, 0.4) is 0 Å². The van der Waals surface area contributed by atoms with Crippen LogP contribution in [0.25, 0.3) is 0 Å². The summed E-state index contributed by atoms with van der Waals surface area (Å²) in [6.45, 7) is 9.41. The van der Waals surface area contributed by atoms with E-state index in [0.29, 0.717) is 17.7 Å². The maximum absolute atomic E-state index is 13.7. The standard InChI is InChI=1S/C17H24FN3/c1-5-6-7-19-17-20-14(4)10-21(17)11-15-8-12(2)16(18)13(3)9-15/h8-10H,5-7,11H2,1-4H3,(H,19,20). The average molecular weight is 289 g/mol. The number of aryl methyl sites for hydroxylation is 3. The van der Waals surface area contributed by atoms with E-state index in [0.717, 1.165) is 36.6 Å². The molecule has 0 unspecified atom stereocenters. The molecule has 4 heteroatoms. The maximum atomic E-state index is 13.7. The minimum atomic E-state index is -0.109. The Hall–Kier alpha value is -1.84. The van der Waals surface area contributed by atoms with Crippen LogP contribution in [-0.2, 0) is 6.54 Å². The summed E-state index contributed by atoms with van der Waals surface area (Å²) in [5, 5.41) is 3.37. The zero-order valence-electron chi connectivity index (χ0n) is 13.3. The van der Waals surface area contributed by atoms with E-state index >= 15 is 0 Å². The number of hydrogen-bond donors (Lipinski definition) is 1. The average Bonchev–Trinajstić information content (AvgIpc) is 2.76. The van der Waals surface area contributed by atoms with Crippen molar-refractivity contribution in [2.45, 2.75) is 47.1 Å². The number of nitrogens with zero attached hydrogens (tertiary/aromatic N) is 2. The molecule has 0 amide bonds. The lowest BCUT2D eigenvalue weighted by Gasteiger charge is -2.11. The Labute approximate surface area is 126 Å². The zero-order chi connectivity index (χ0) is 15.4. The van der Waals surface area contributed by atoms with Crippen molar-refractivity contribution in [3.05, 3.63) is 46.5 Å². The Morgan fingerprint density at radius 1 is 1.19 bits per heavy atom. The van der Waals surface area contributed by atoms with E-state index in [1.807, 2.05) is 39.1 Å². The van der Waals surface area contributed by atoms with Gasteiger partial charge in [0.1, 0.15) is 5.82 Å². The zero-order valence-corrected chi connectivity index (χ0v) is 13.3. The monoisotopic (exact) mass is 289 g/mol. The number of imidazole rings is 1. The quantitative estimate of drug-likeness (QED) is 0.807. The van der Waals surface area contributed by atoms with Crippen molar-refractivity contribution in [1.29, 1.82) is 0 Å². The van der Waals surface area contributed by atoms with Gasteiger partial charge >= 0.3 is 0 Å². The summed E-state index contributed by atoms with van der Waals surface area (Å²) in [5.41, 5.74) is 3.48. The van der Waals surface area contributed by atoms with Gasteiger partial charge in [-0.15, -0.1) is 0 Å². The first kappa shape index (κ1) is 15.5. The van der Waals surface area contributed by atoms with Crippen LogP contribution >= 0.6 is 0 Å². The van der Waals surface area contributed by atoms with Gasteiger partial charge in [-0.3, -0.25) is 0 Å². The largest absolute Gasteiger partial charge is 0.356 e. The fourth-order valence-corrected chi connectivity index (χ4v) is 2.51. The predicted molar refractivity (Wildman–Crippen MR) is 85.3 cm³/mol. The van der Waals surface area contributed by atoms with E-state index in [4.69, 9.17) is 0 Å². The molecule has 0 aliphatic rings. The van der Waals surface area contributed by atoms with Crippen LogP contribution in [0, 0.1) is 26.6 Å². The van der Waals surface area contributed by atoms with Crippen molar-refractivity contribution in [1.82, 2.24) is 9.55 Å². The number of hydrogen-bond acceptors (Lipinski definition) is 2. The van der Waals surface area contributed by atoms with Gasteiger partial charge in [-0.05, 0) is 43.9 Å². The van der Waals surface area contributed by atoms with Crippen LogP contribution in [0.4, 0.5) is 10.3 Å². The molecule has 2 rings (SSSR count). The van der Waals surface area contributed by atoms with Gasteiger partial charge in [0, 0.05) is 12.7 Å². The highest BCUT2D eigenvalue weighted by atomic mass is 19.1. The van der Waals surface area contributed by atoms with Crippen molar-refractivity contribution in [2.24, 2.45) is 0 Å². The van der Waals surface area contributed by atoms with Crippen molar-refractivity contribution in [3.8, 4) is 0 Å². The second-order valence-electron chi connectivity index (χ2n) is 5.66. The highest BCUT2D eigenvalue weighted by Crippen LogP contribution is 2.18. The molecule has 0 radical (unpaired) electrons. The molecule has 1 N–H and O–H groups in total. The molecule has 0 aliphatic heterocycles. The molecule has 0 aliphatic carbocycles. The summed E-state index contributed by atoms with van der Waals surface area (Å²) < 4.78 is 15.8. The third-order valence-electron chi connectivity index (χ3n) is 3.56. The predicted octanol–water partition coefficient (Wildman–Crippen LogP) is 4.21. The molecule has 0 saturated heterocycles. The van der Waals surface area contributed by atoms with Crippen LogP contribution in [-0.4, -0.2) is 16.1 Å². The van der Waals surface area contributed by atoms with E-state index in [1.165, 1.54) is 0 Å². The topological polar surface area (TPSA) is 29.9 Å². The first-order chi connectivity index (χ1) is 10.0. The molecule has 0 fully saturated rings. The van der Waals surface area contributed by atoms with Gasteiger partial charge in [-0.1, -0.05) is 25.5 Å². The van der Waals surface area contributed by atoms with Crippen LogP contribution in [0.15, 0.2) is 18.3 Å². The molecule has 0 saturated carbocycles. The summed E-state index contributed by atoms with van der Waals surface area (Å²) in [4.78, 5) is 4.52. The molecule has 2 aromatic rings. The second kappa shape index (κ2) is 6.74. The SMILES string of the molecule is CCCCNc1nc(C)cn1Cc1cc(C)c(F)c(C)c1. The lowest BCUT2D eigenvalue weighted by Crippen LogP contribution is -2.09. The van der Waals surface area contributed by atoms with Gasteiger partial charge in [0.2, 0.25) is 5.95 Å². The molecule has 1 heterocycles. The van der Waals surface area contributed by atoms with Crippen LogP contribution in [0.5, 0.6) is 0 Å². The van der Waals surface area contributed by atoms with Crippen molar-refractivity contribution in [3.63, 3.8) is 0 Å². The third kappa shape index (κ3) is 3.84. The Morgan fingerprint density at radius 3 is 2.48 bits per heavy atom. The smallest absolute Gasteiger partial charge is 0.203 e. The van der Waals surface area contributed by atoms with Gasteiger partial charge < -0.3 is 9.88 Å². The summed E-state index contributed by atoms with van der Waals surface area (Å²) in [6, 6.07) is 3.82. The van der Waals surface area contributed by atoms with Crippen LogP contribution in [0.1, 0.15) is 42.1 Å². The molecular formula is C17H24FN3. The summed E-state index contributed by atoms with van der Waals surface area (Å²) in [6.07, 6.45) is 4.31. The lowest BCUT2D eigenvalue weighted by atomic mass is 10.1. The number of unbranched alkanes of at least 4 members (excludes halogenated alkanes) is 1. The minimum absolute atomic E-state index is 0.109. The van der Waals surface area contributed by atoms with Crippen LogP contribution < -0.4 is 5.32 Å². The molecule has 21 heavy (non-hydrogen) atoms. The normalized spacial score (nSPS) is 10.9. The molecule has 114 valence electrons. The van der Waals surface area contributed by atoms with Gasteiger partial charge in [-0.25, -0.2) is 9.37 Å². The Morgan fingerprint density at radius 2 is 1.86 bits per heavy atom. The Balaban J connectivity index is 2.19. The van der Waals surface area contributed by atoms with E-state index in [1.54, 1.807) is 0 Å². The van der Waals surface area contributed by atoms with E-state index in [2.05, 4.69) is 21.8 Å². The van der Waals surface area contributed by atoms with Crippen molar-refractivity contribution >= 4 is 5.95 Å². The van der Waals surface area contributed by atoms with Gasteiger partial charge in [-0.2, -0.15) is 0 Å². The molecule has 1 aromatic heterocycles. The Bertz CT molecular complexity index is 593. The number of anilines is 1. The molecule has 1 aromatic carbocycles. The lowest BCUT2D eigenvalue weighted by molar-refractivity contribution is 0.607. The van der Waals surface area contributed by atoms with Crippen LogP contribution in [0.2, 0.25) is 0 Å². The van der Waals surface area contributed by atoms with Crippen molar-refractivity contribution in [2.75, 3.05) is 11.9 Å². The molecular weight excluding hydrogens is 265 g/mol. The van der Waals surface area contributed by atoms with E-state index in [-0.39, 0.29) is 5.82 Å². The van der Waals surface area contributed by atoms with E-state index in [9.17, 15) is 4.39 Å². The van der Waals surface area contributed by atoms with Gasteiger partial charge in [0.15, 0.2) is 0 Å². The molecule has 0 spiro atoms. The van der Waals surface area contributed by atoms with E-state index < -0.39 is 0 Å². The fraction of sp³-hybridized carbons (Fsp3) is 0.471. The molecule has 0 atom stereocenters. The summed E-state index contributed by atoms with van der Waals surface area (Å²) in [5.74, 6) is 0.780. The number of halogens is 1. The maximum Gasteiger partial charge on any atom is 0.203 e. The molecule has 3 nitrogen and oxygen atoms in total. The highest BCUT2D eigenvalue weighted by molar-refractivity contribution is 5.34. The van der Waals surface area contributed by atoms with Crippen molar-refractivity contribution < 1.29 is 4.39 Å². The highest BCUT2D eigenvalue weighted by Gasteiger charge is 2.08. The minimum Gasteiger partial charge on any atom is -0.356 e. The first-order valence-corrected chi connectivity index (χ1v) is 7.54. The Kier molecular flexibility index (Phi) is 4.99. The second-order valence-corrected chi connectivity index (χ2v) is 5.66. The number of aromatic nitrogens is 2. The summed E-state index contributed by atoms with van der Waals surface area (Å²) >= 11 is 0.